The van der Waals surface area contributed by atoms with Gasteiger partial charge in [-0.1, -0.05) is 29.6 Å². The van der Waals surface area contributed by atoms with Gasteiger partial charge in [0.15, 0.2) is 5.82 Å². The average Bonchev–Trinajstić information content (AvgIpc) is 3.15. The standard InChI is InChI=1S/C17H21N3O2.ClH/c1-12-5-7-14(21-2)13(11-12)6-8-15-19-16(20-22-15)17(18)9-3-4-10-17;/h5-8,11H,3-4,9-10,18H2,1-2H3;1H/b8-6+;. The highest BCUT2D eigenvalue weighted by molar-refractivity contribution is 5.85. The van der Waals surface area contributed by atoms with Crippen LogP contribution in [-0.4, -0.2) is 17.3 Å². The minimum Gasteiger partial charge on any atom is -0.496 e. The molecule has 0 radical (unpaired) electrons. The number of nitrogens with two attached hydrogens (primary N) is 1. The van der Waals surface area contributed by atoms with E-state index in [9.17, 15) is 0 Å². The number of halogens is 1. The molecule has 1 aliphatic rings. The fourth-order valence-electron chi connectivity index (χ4n) is 2.88. The molecule has 1 fully saturated rings. The molecule has 0 atom stereocenters. The Morgan fingerprint density at radius 2 is 2.00 bits per heavy atom. The monoisotopic (exact) mass is 335 g/mol. The van der Waals surface area contributed by atoms with Gasteiger partial charge in [-0.2, -0.15) is 4.98 Å². The highest BCUT2D eigenvalue weighted by Crippen LogP contribution is 2.34. The maximum absolute atomic E-state index is 6.34. The van der Waals surface area contributed by atoms with Gasteiger partial charge < -0.3 is 15.0 Å². The second kappa shape index (κ2) is 7.15. The summed E-state index contributed by atoms with van der Waals surface area (Å²) in [5.41, 5.74) is 8.06. The lowest BCUT2D eigenvalue weighted by Gasteiger charge is -2.17. The molecule has 1 heterocycles. The molecular weight excluding hydrogens is 314 g/mol. The van der Waals surface area contributed by atoms with E-state index in [2.05, 4.69) is 10.1 Å². The van der Waals surface area contributed by atoms with Gasteiger partial charge in [0.1, 0.15) is 5.75 Å². The highest BCUT2D eigenvalue weighted by atomic mass is 35.5. The van der Waals surface area contributed by atoms with Crippen LogP contribution in [0.4, 0.5) is 0 Å². The second-order valence-corrected chi connectivity index (χ2v) is 5.90. The highest BCUT2D eigenvalue weighted by Gasteiger charge is 2.35. The maximum Gasteiger partial charge on any atom is 0.250 e. The molecule has 124 valence electrons. The smallest absolute Gasteiger partial charge is 0.250 e. The van der Waals surface area contributed by atoms with Crippen molar-refractivity contribution in [2.24, 2.45) is 5.73 Å². The molecule has 0 bridgehead atoms. The molecule has 0 amide bonds. The number of aromatic nitrogens is 2. The zero-order valence-corrected chi connectivity index (χ0v) is 14.2. The number of benzene rings is 1. The lowest BCUT2D eigenvalue weighted by molar-refractivity contribution is 0.364. The molecule has 3 rings (SSSR count). The van der Waals surface area contributed by atoms with E-state index in [0.717, 1.165) is 37.0 Å². The molecule has 6 heteroatoms. The van der Waals surface area contributed by atoms with Crippen LogP contribution in [0.1, 0.15) is 48.5 Å². The fraction of sp³-hybridized carbons (Fsp3) is 0.412. The normalized spacial score (nSPS) is 16.5. The van der Waals surface area contributed by atoms with Crippen molar-refractivity contribution >= 4 is 24.6 Å². The Morgan fingerprint density at radius 3 is 2.70 bits per heavy atom. The van der Waals surface area contributed by atoms with Crippen LogP contribution in [0.25, 0.3) is 12.2 Å². The SMILES string of the molecule is COc1ccc(C)cc1/C=C/c1nc(C2(N)CCCC2)no1.Cl. The van der Waals surface area contributed by atoms with E-state index in [1.54, 1.807) is 13.2 Å². The maximum atomic E-state index is 6.34. The minimum absolute atomic E-state index is 0. The van der Waals surface area contributed by atoms with Gasteiger partial charge in [-0.05, 0) is 38.0 Å². The first kappa shape index (κ1) is 17.5. The molecule has 0 unspecified atom stereocenters. The first-order valence-electron chi connectivity index (χ1n) is 7.56. The Balaban J connectivity index is 0.00000192. The molecule has 1 aromatic carbocycles. The van der Waals surface area contributed by atoms with Crippen molar-refractivity contribution in [2.75, 3.05) is 7.11 Å². The lowest BCUT2D eigenvalue weighted by atomic mass is 9.99. The first-order chi connectivity index (χ1) is 10.6. The molecule has 0 spiro atoms. The van der Waals surface area contributed by atoms with Crippen molar-refractivity contribution in [1.29, 1.82) is 0 Å². The molecule has 2 aromatic rings. The molecule has 2 N–H and O–H groups in total. The van der Waals surface area contributed by atoms with Gasteiger partial charge in [0.2, 0.25) is 0 Å². The van der Waals surface area contributed by atoms with E-state index in [-0.39, 0.29) is 12.4 Å². The third-order valence-corrected chi connectivity index (χ3v) is 4.17. The lowest BCUT2D eigenvalue weighted by Crippen LogP contribution is -2.34. The topological polar surface area (TPSA) is 74.2 Å². The number of hydrogen-bond acceptors (Lipinski definition) is 5. The van der Waals surface area contributed by atoms with Crippen LogP contribution in [0.5, 0.6) is 5.75 Å². The van der Waals surface area contributed by atoms with Crippen LogP contribution in [0.15, 0.2) is 22.7 Å². The van der Waals surface area contributed by atoms with Gasteiger partial charge in [0.25, 0.3) is 5.89 Å². The quantitative estimate of drug-likeness (QED) is 0.922. The summed E-state index contributed by atoms with van der Waals surface area (Å²) in [6.07, 6.45) is 7.79. The molecular formula is C17H22ClN3O2. The Kier molecular flexibility index (Phi) is 5.44. The van der Waals surface area contributed by atoms with Crippen LogP contribution >= 0.6 is 12.4 Å². The van der Waals surface area contributed by atoms with Gasteiger partial charge in [-0.25, -0.2) is 0 Å². The van der Waals surface area contributed by atoms with Crippen LogP contribution in [-0.2, 0) is 5.54 Å². The van der Waals surface area contributed by atoms with Crippen LogP contribution < -0.4 is 10.5 Å². The van der Waals surface area contributed by atoms with Gasteiger partial charge >= 0.3 is 0 Å². The van der Waals surface area contributed by atoms with E-state index in [1.807, 2.05) is 31.2 Å². The zero-order valence-electron chi connectivity index (χ0n) is 13.4. The summed E-state index contributed by atoms with van der Waals surface area (Å²) in [6.45, 7) is 2.04. The van der Waals surface area contributed by atoms with Crippen molar-refractivity contribution in [3.63, 3.8) is 0 Å². The minimum atomic E-state index is -0.420. The number of rotatable bonds is 4. The van der Waals surface area contributed by atoms with Gasteiger partial charge in [-0.3, -0.25) is 0 Å². The van der Waals surface area contributed by atoms with Crippen molar-refractivity contribution in [3.05, 3.63) is 41.0 Å². The number of ether oxygens (including phenoxy) is 1. The Bertz CT molecular complexity index is 691. The summed E-state index contributed by atoms with van der Waals surface area (Å²) < 4.78 is 10.7. The summed E-state index contributed by atoms with van der Waals surface area (Å²) in [7, 11) is 1.66. The summed E-state index contributed by atoms with van der Waals surface area (Å²) in [6, 6.07) is 6.01. The number of aryl methyl sites for hydroxylation is 1. The van der Waals surface area contributed by atoms with E-state index in [4.69, 9.17) is 15.0 Å². The van der Waals surface area contributed by atoms with Gasteiger partial charge in [0.05, 0.1) is 12.6 Å². The fourth-order valence-corrected chi connectivity index (χ4v) is 2.88. The molecule has 0 aliphatic heterocycles. The largest absolute Gasteiger partial charge is 0.496 e. The summed E-state index contributed by atoms with van der Waals surface area (Å²) in [5.74, 6) is 1.89. The van der Waals surface area contributed by atoms with E-state index < -0.39 is 5.54 Å². The molecule has 0 saturated heterocycles. The van der Waals surface area contributed by atoms with E-state index in [0.29, 0.717) is 11.7 Å². The number of nitrogens with zero attached hydrogens (tertiary/aromatic N) is 2. The van der Waals surface area contributed by atoms with Crippen LogP contribution in [0.2, 0.25) is 0 Å². The van der Waals surface area contributed by atoms with Crippen molar-refractivity contribution in [3.8, 4) is 5.75 Å². The number of methoxy groups -OCH3 is 1. The third kappa shape index (κ3) is 3.74. The van der Waals surface area contributed by atoms with Gasteiger partial charge in [0, 0.05) is 11.6 Å². The Labute approximate surface area is 142 Å². The average molecular weight is 336 g/mol. The summed E-state index contributed by atoms with van der Waals surface area (Å²) in [5, 5.41) is 4.05. The predicted molar refractivity (Wildman–Crippen MR) is 92.5 cm³/mol. The van der Waals surface area contributed by atoms with Crippen LogP contribution in [0, 0.1) is 6.92 Å². The van der Waals surface area contributed by atoms with Crippen LogP contribution in [0.3, 0.4) is 0 Å². The van der Waals surface area contributed by atoms with Crippen molar-refractivity contribution in [1.82, 2.24) is 10.1 Å². The van der Waals surface area contributed by atoms with Crippen molar-refractivity contribution in [2.45, 2.75) is 38.1 Å². The van der Waals surface area contributed by atoms with E-state index in [1.165, 1.54) is 5.56 Å². The van der Waals surface area contributed by atoms with Gasteiger partial charge in [-0.15, -0.1) is 12.4 Å². The third-order valence-electron chi connectivity index (χ3n) is 4.17. The Morgan fingerprint density at radius 1 is 1.26 bits per heavy atom. The number of hydrogen-bond donors (Lipinski definition) is 1. The summed E-state index contributed by atoms with van der Waals surface area (Å²) >= 11 is 0. The molecule has 5 nitrogen and oxygen atoms in total. The molecule has 23 heavy (non-hydrogen) atoms. The summed E-state index contributed by atoms with van der Waals surface area (Å²) in [4.78, 5) is 4.43. The Hall–Kier alpha value is -1.85. The molecule has 1 saturated carbocycles. The van der Waals surface area contributed by atoms with Crippen molar-refractivity contribution < 1.29 is 9.26 Å². The molecule has 1 aromatic heterocycles. The second-order valence-electron chi connectivity index (χ2n) is 5.90. The zero-order chi connectivity index (χ0) is 15.6. The first-order valence-corrected chi connectivity index (χ1v) is 7.56. The van der Waals surface area contributed by atoms with E-state index >= 15 is 0 Å². The molecule has 1 aliphatic carbocycles. The predicted octanol–water partition coefficient (Wildman–Crippen LogP) is 3.71.